The fourth-order valence-electron chi connectivity index (χ4n) is 3.48. The third kappa shape index (κ3) is 5.08. The van der Waals surface area contributed by atoms with Gasteiger partial charge in [0.15, 0.2) is 0 Å². The van der Waals surface area contributed by atoms with Gasteiger partial charge in [-0.05, 0) is 50.6 Å². The fraction of sp³-hybridized carbons (Fsp3) is 0.550. The molecule has 3 rings (SSSR count). The number of hydrogen-bond donors (Lipinski definition) is 1. The van der Waals surface area contributed by atoms with E-state index in [4.69, 9.17) is 0 Å². The normalized spacial score (nSPS) is 15.4. The van der Waals surface area contributed by atoms with Crippen LogP contribution in [-0.4, -0.2) is 65.1 Å². The molecule has 0 radical (unpaired) electrons. The SMILES string of the molecule is COC(=O)CCc1ccc(-n2c(C)nn(CCN3CCCNCC3)c2=O)cc1. The molecular formula is C20H29N5O3. The average Bonchev–Trinajstić information content (AvgIpc) is 2.88. The van der Waals surface area contributed by atoms with E-state index in [0.29, 0.717) is 25.2 Å². The number of nitrogens with zero attached hydrogens (tertiary/aromatic N) is 4. The van der Waals surface area contributed by atoms with Crippen molar-refractivity contribution in [2.24, 2.45) is 0 Å². The fourth-order valence-corrected chi connectivity index (χ4v) is 3.48. The molecule has 0 amide bonds. The van der Waals surface area contributed by atoms with Crippen molar-refractivity contribution in [1.29, 1.82) is 0 Å². The average molecular weight is 387 g/mol. The van der Waals surface area contributed by atoms with Crippen LogP contribution in [0.3, 0.4) is 0 Å². The molecule has 0 atom stereocenters. The Labute approximate surface area is 165 Å². The Morgan fingerprint density at radius 2 is 1.96 bits per heavy atom. The Bertz CT molecular complexity index is 833. The highest BCUT2D eigenvalue weighted by atomic mass is 16.5. The van der Waals surface area contributed by atoms with Crippen LogP contribution in [0.5, 0.6) is 0 Å². The van der Waals surface area contributed by atoms with E-state index in [1.54, 1.807) is 9.25 Å². The number of esters is 1. The van der Waals surface area contributed by atoms with Gasteiger partial charge in [-0.1, -0.05) is 12.1 Å². The highest BCUT2D eigenvalue weighted by Crippen LogP contribution is 2.11. The van der Waals surface area contributed by atoms with Crippen LogP contribution >= 0.6 is 0 Å². The first-order valence-electron chi connectivity index (χ1n) is 9.84. The lowest BCUT2D eigenvalue weighted by Crippen LogP contribution is -2.34. The number of nitrogens with one attached hydrogen (secondary N) is 1. The zero-order chi connectivity index (χ0) is 19.9. The predicted molar refractivity (Wildman–Crippen MR) is 107 cm³/mol. The third-order valence-corrected chi connectivity index (χ3v) is 5.10. The molecule has 1 aliphatic rings. The van der Waals surface area contributed by atoms with Crippen molar-refractivity contribution in [2.75, 3.05) is 39.8 Å². The number of benzene rings is 1. The highest BCUT2D eigenvalue weighted by molar-refractivity contribution is 5.69. The number of aromatic nitrogens is 3. The molecule has 1 N–H and O–H groups in total. The number of methoxy groups -OCH3 is 1. The monoisotopic (exact) mass is 387 g/mol. The lowest BCUT2D eigenvalue weighted by Gasteiger charge is -2.18. The zero-order valence-electron chi connectivity index (χ0n) is 16.7. The second kappa shape index (κ2) is 9.66. The predicted octanol–water partition coefficient (Wildman–Crippen LogP) is 0.743. The minimum atomic E-state index is -0.224. The van der Waals surface area contributed by atoms with Gasteiger partial charge < -0.3 is 15.0 Å². The quantitative estimate of drug-likeness (QED) is 0.706. The van der Waals surface area contributed by atoms with Gasteiger partial charge in [0.25, 0.3) is 0 Å². The Balaban J connectivity index is 1.67. The lowest BCUT2D eigenvalue weighted by atomic mass is 10.1. The summed E-state index contributed by atoms with van der Waals surface area (Å²) in [6.07, 6.45) is 2.09. The smallest absolute Gasteiger partial charge is 0.350 e. The summed E-state index contributed by atoms with van der Waals surface area (Å²) in [6.45, 7) is 7.35. The summed E-state index contributed by atoms with van der Waals surface area (Å²) in [5, 5.41) is 7.84. The number of aryl methyl sites for hydroxylation is 2. The molecule has 2 heterocycles. The molecule has 8 heteroatoms. The molecule has 8 nitrogen and oxygen atoms in total. The van der Waals surface area contributed by atoms with Crippen molar-refractivity contribution >= 4 is 5.97 Å². The summed E-state index contributed by atoms with van der Waals surface area (Å²) in [5.41, 5.74) is 1.70. The Morgan fingerprint density at radius 3 is 2.71 bits per heavy atom. The van der Waals surface area contributed by atoms with E-state index in [1.165, 1.54) is 7.11 Å². The van der Waals surface area contributed by atoms with Crippen molar-refractivity contribution in [2.45, 2.75) is 32.7 Å². The van der Waals surface area contributed by atoms with E-state index in [-0.39, 0.29) is 11.7 Å². The molecule has 1 aromatic heterocycles. The highest BCUT2D eigenvalue weighted by Gasteiger charge is 2.14. The first-order valence-corrected chi connectivity index (χ1v) is 9.84. The van der Waals surface area contributed by atoms with E-state index in [9.17, 15) is 9.59 Å². The molecule has 0 saturated carbocycles. The molecule has 28 heavy (non-hydrogen) atoms. The summed E-state index contributed by atoms with van der Waals surface area (Å²) >= 11 is 0. The van der Waals surface area contributed by atoms with Crippen LogP contribution in [0.15, 0.2) is 29.1 Å². The van der Waals surface area contributed by atoms with Gasteiger partial charge in [0.1, 0.15) is 5.82 Å². The van der Waals surface area contributed by atoms with Crippen LogP contribution in [-0.2, 0) is 22.5 Å². The molecule has 1 saturated heterocycles. The Morgan fingerprint density at radius 1 is 1.18 bits per heavy atom. The maximum atomic E-state index is 12.8. The van der Waals surface area contributed by atoms with Crippen molar-refractivity contribution in [3.8, 4) is 5.69 Å². The maximum absolute atomic E-state index is 12.8. The minimum Gasteiger partial charge on any atom is -0.469 e. The van der Waals surface area contributed by atoms with E-state index in [1.807, 2.05) is 31.2 Å². The van der Waals surface area contributed by atoms with Gasteiger partial charge in [0.2, 0.25) is 0 Å². The molecule has 0 bridgehead atoms. The zero-order valence-corrected chi connectivity index (χ0v) is 16.7. The standard InChI is InChI=1S/C20H29N5O3/c1-16-22-24(15-14-23-12-3-10-21-11-13-23)20(27)25(16)18-7-4-17(5-8-18)6-9-19(26)28-2/h4-5,7-8,21H,3,6,9-15H2,1-2H3. The van der Waals surface area contributed by atoms with Gasteiger partial charge in [-0.3, -0.25) is 4.79 Å². The van der Waals surface area contributed by atoms with Gasteiger partial charge in [-0.2, -0.15) is 5.10 Å². The van der Waals surface area contributed by atoms with Crippen LogP contribution in [0.1, 0.15) is 24.2 Å². The molecule has 1 aliphatic heterocycles. The van der Waals surface area contributed by atoms with Crippen LogP contribution < -0.4 is 11.0 Å². The lowest BCUT2D eigenvalue weighted by molar-refractivity contribution is -0.140. The number of rotatable bonds is 7. The minimum absolute atomic E-state index is 0.118. The summed E-state index contributed by atoms with van der Waals surface area (Å²) in [6, 6.07) is 7.67. The largest absolute Gasteiger partial charge is 0.469 e. The first-order chi connectivity index (χ1) is 13.6. The van der Waals surface area contributed by atoms with Crippen molar-refractivity contribution in [3.05, 3.63) is 46.1 Å². The van der Waals surface area contributed by atoms with E-state index in [0.717, 1.165) is 50.4 Å². The number of carbonyl (C=O) groups excluding carboxylic acids is 1. The van der Waals surface area contributed by atoms with Crippen molar-refractivity contribution < 1.29 is 9.53 Å². The summed E-state index contributed by atoms with van der Waals surface area (Å²) in [7, 11) is 1.39. The van der Waals surface area contributed by atoms with Gasteiger partial charge in [-0.15, -0.1) is 0 Å². The number of carbonyl (C=O) groups is 1. The van der Waals surface area contributed by atoms with E-state index < -0.39 is 0 Å². The van der Waals surface area contributed by atoms with Crippen LogP contribution in [0.4, 0.5) is 0 Å². The Hall–Kier alpha value is -2.45. The molecule has 2 aromatic rings. The second-order valence-corrected chi connectivity index (χ2v) is 7.08. The molecule has 0 spiro atoms. The topological polar surface area (TPSA) is 81.4 Å². The van der Waals surface area contributed by atoms with Crippen LogP contribution in [0.2, 0.25) is 0 Å². The van der Waals surface area contributed by atoms with Crippen molar-refractivity contribution in [1.82, 2.24) is 24.6 Å². The summed E-state index contributed by atoms with van der Waals surface area (Å²) < 4.78 is 7.86. The number of hydrogen-bond acceptors (Lipinski definition) is 6. The van der Waals surface area contributed by atoms with Crippen LogP contribution in [0.25, 0.3) is 5.69 Å². The molecule has 1 aromatic carbocycles. The van der Waals surface area contributed by atoms with Crippen molar-refractivity contribution in [3.63, 3.8) is 0 Å². The summed E-state index contributed by atoms with van der Waals surface area (Å²) in [5.74, 6) is 0.447. The number of ether oxygens (including phenoxy) is 1. The molecule has 1 fully saturated rings. The third-order valence-electron chi connectivity index (χ3n) is 5.10. The van der Waals surface area contributed by atoms with Gasteiger partial charge in [0.05, 0.1) is 19.3 Å². The molecular weight excluding hydrogens is 358 g/mol. The maximum Gasteiger partial charge on any atom is 0.350 e. The van der Waals surface area contributed by atoms with Gasteiger partial charge in [0, 0.05) is 26.1 Å². The molecule has 0 aliphatic carbocycles. The van der Waals surface area contributed by atoms with Gasteiger partial charge in [-0.25, -0.2) is 14.0 Å². The van der Waals surface area contributed by atoms with Crippen LogP contribution in [0, 0.1) is 6.92 Å². The van der Waals surface area contributed by atoms with Gasteiger partial charge >= 0.3 is 11.7 Å². The van der Waals surface area contributed by atoms with E-state index >= 15 is 0 Å². The first kappa shape index (κ1) is 20.3. The molecule has 152 valence electrons. The Kier molecular flexibility index (Phi) is 7.00. The second-order valence-electron chi connectivity index (χ2n) is 7.08. The molecule has 0 unspecified atom stereocenters. The van der Waals surface area contributed by atoms with E-state index in [2.05, 4.69) is 20.1 Å². The summed E-state index contributed by atoms with van der Waals surface area (Å²) in [4.78, 5) is 26.5.